The van der Waals surface area contributed by atoms with E-state index >= 15 is 0 Å². The first-order chi connectivity index (χ1) is 12.1. The molecule has 142 valence electrons. The molecule has 1 aromatic heterocycles. The molecule has 7 heteroatoms. The SMILES string of the molecule is Cc1nn(-c2ccccc2)c(C)c1CNC(=O)C1(CN)CCOCC1.Cl. The van der Waals surface area contributed by atoms with E-state index in [1.54, 1.807) is 0 Å². The van der Waals surface area contributed by atoms with E-state index in [1.807, 2.05) is 48.9 Å². The molecule has 1 aromatic carbocycles. The van der Waals surface area contributed by atoms with Crippen LogP contribution in [0.25, 0.3) is 5.69 Å². The molecule has 1 aliphatic rings. The van der Waals surface area contributed by atoms with Crippen LogP contribution in [-0.4, -0.2) is 35.4 Å². The van der Waals surface area contributed by atoms with E-state index in [2.05, 4.69) is 10.4 Å². The second-order valence-corrected chi connectivity index (χ2v) is 6.68. The minimum Gasteiger partial charge on any atom is -0.381 e. The summed E-state index contributed by atoms with van der Waals surface area (Å²) in [7, 11) is 0. The number of carbonyl (C=O) groups is 1. The van der Waals surface area contributed by atoms with E-state index in [4.69, 9.17) is 10.5 Å². The highest BCUT2D eigenvalue weighted by Gasteiger charge is 2.38. The molecule has 3 rings (SSSR count). The quantitative estimate of drug-likeness (QED) is 0.836. The molecule has 0 unspecified atom stereocenters. The van der Waals surface area contributed by atoms with Crippen molar-refractivity contribution in [2.75, 3.05) is 19.8 Å². The Morgan fingerprint density at radius 3 is 2.54 bits per heavy atom. The van der Waals surface area contributed by atoms with Crippen molar-refractivity contribution in [1.82, 2.24) is 15.1 Å². The Morgan fingerprint density at radius 1 is 1.27 bits per heavy atom. The number of carbonyl (C=O) groups excluding carboxylic acids is 1. The first kappa shape index (κ1) is 20.4. The van der Waals surface area contributed by atoms with E-state index in [0.29, 0.717) is 39.1 Å². The van der Waals surface area contributed by atoms with Gasteiger partial charge in [0.05, 0.1) is 16.8 Å². The third kappa shape index (κ3) is 3.92. The van der Waals surface area contributed by atoms with Crippen molar-refractivity contribution in [2.24, 2.45) is 11.1 Å². The third-order valence-electron chi connectivity index (χ3n) is 5.19. The van der Waals surface area contributed by atoms with Gasteiger partial charge in [0, 0.05) is 37.6 Å². The normalized spacial score (nSPS) is 16.0. The molecule has 1 amide bonds. The fourth-order valence-corrected chi connectivity index (χ4v) is 3.39. The van der Waals surface area contributed by atoms with E-state index in [-0.39, 0.29) is 18.3 Å². The van der Waals surface area contributed by atoms with Gasteiger partial charge in [-0.15, -0.1) is 12.4 Å². The van der Waals surface area contributed by atoms with Crippen LogP contribution < -0.4 is 11.1 Å². The van der Waals surface area contributed by atoms with E-state index < -0.39 is 5.41 Å². The van der Waals surface area contributed by atoms with Gasteiger partial charge >= 0.3 is 0 Å². The smallest absolute Gasteiger partial charge is 0.227 e. The average molecular weight is 379 g/mol. The maximum atomic E-state index is 12.7. The highest BCUT2D eigenvalue weighted by atomic mass is 35.5. The molecule has 1 saturated heterocycles. The number of ether oxygens (including phenoxy) is 1. The topological polar surface area (TPSA) is 82.2 Å². The second-order valence-electron chi connectivity index (χ2n) is 6.68. The van der Waals surface area contributed by atoms with Gasteiger partial charge in [0.25, 0.3) is 0 Å². The zero-order chi connectivity index (χ0) is 17.9. The summed E-state index contributed by atoms with van der Waals surface area (Å²) in [4.78, 5) is 12.7. The van der Waals surface area contributed by atoms with Crippen LogP contribution in [0.15, 0.2) is 30.3 Å². The standard InChI is InChI=1S/C19H26N4O2.ClH/c1-14-17(15(2)23(22-14)16-6-4-3-5-7-16)12-21-18(24)19(13-20)8-10-25-11-9-19;/h3-7H,8-13,20H2,1-2H3,(H,21,24);1H. The molecule has 26 heavy (non-hydrogen) atoms. The molecule has 3 N–H and O–H groups in total. The van der Waals surface area contributed by atoms with Gasteiger partial charge in [-0.1, -0.05) is 18.2 Å². The van der Waals surface area contributed by atoms with Crippen LogP contribution in [0, 0.1) is 19.3 Å². The predicted octanol–water partition coefficient (Wildman–Crippen LogP) is 2.28. The molecular weight excluding hydrogens is 352 g/mol. The summed E-state index contributed by atoms with van der Waals surface area (Å²) in [6.45, 7) is 6.00. The number of para-hydroxylation sites is 1. The summed E-state index contributed by atoms with van der Waals surface area (Å²) >= 11 is 0. The van der Waals surface area contributed by atoms with Crippen LogP contribution in [0.4, 0.5) is 0 Å². The lowest BCUT2D eigenvalue weighted by atomic mass is 9.79. The minimum absolute atomic E-state index is 0. The van der Waals surface area contributed by atoms with Gasteiger partial charge in [-0.2, -0.15) is 5.10 Å². The van der Waals surface area contributed by atoms with Crippen molar-refractivity contribution >= 4 is 18.3 Å². The largest absolute Gasteiger partial charge is 0.381 e. The molecule has 0 radical (unpaired) electrons. The molecule has 0 aliphatic carbocycles. The van der Waals surface area contributed by atoms with Crippen molar-refractivity contribution in [2.45, 2.75) is 33.2 Å². The van der Waals surface area contributed by atoms with Crippen molar-refractivity contribution in [3.63, 3.8) is 0 Å². The summed E-state index contributed by atoms with van der Waals surface area (Å²) in [5.41, 5.74) is 9.45. The Balaban J connectivity index is 0.00000243. The number of amides is 1. The Bertz CT molecular complexity index is 739. The van der Waals surface area contributed by atoms with Gasteiger partial charge < -0.3 is 15.8 Å². The molecule has 6 nitrogen and oxygen atoms in total. The van der Waals surface area contributed by atoms with Crippen LogP contribution in [0.1, 0.15) is 29.8 Å². The highest BCUT2D eigenvalue weighted by Crippen LogP contribution is 2.29. The molecular formula is C19H27ClN4O2. The van der Waals surface area contributed by atoms with Crippen LogP contribution in [0.3, 0.4) is 0 Å². The Morgan fingerprint density at radius 2 is 1.92 bits per heavy atom. The molecule has 2 aromatic rings. The molecule has 2 heterocycles. The van der Waals surface area contributed by atoms with Crippen LogP contribution in [0.5, 0.6) is 0 Å². The third-order valence-corrected chi connectivity index (χ3v) is 5.19. The van der Waals surface area contributed by atoms with E-state index in [0.717, 1.165) is 22.6 Å². The summed E-state index contributed by atoms with van der Waals surface area (Å²) in [5.74, 6) is 0.0181. The summed E-state index contributed by atoms with van der Waals surface area (Å²) in [6, 6.07) is 10.0. The summed E-state index contributed by atoms with van der Waals surface area (Å²) in [5, 5.41) is 7.71. The number of hydrogen-bond donors (Lipinski definition) is 2. The second kappa shape index (κ2) is 8.66. The average Bonchev–Trinajstić information content (AvgIpc) is 2.95. The zero-order valence-corrected chi connectivity index (χ0v) is 16.1. The highest BCUT2D eigenvalue weighted by molar-refractivity contribution is 5.85. The first-order valence-corrected chi connectivity index (χ1v) is 8.74. The van der Waals surface area contributed by atoms with Gasteiger partial charge in [-0.3, -0.25) is 4.79 Å². The van der Waals surface area contributed by atoms with Crippen molar-refractivity contribution in [3.05, 3.63) is 47.3 Å². The van der Waals surface area contributed by atoms with Gasteiger partial charge in [-0.05, 0) is 38.8 Å². The van der Waals surface area contributed by atoms with Gasteiger partial charge in [-0.25, -0.2) is 4.68 Å². The summed E-state index contributed by atoms with van der Waals surface area (Å²) in [6.07, 6.45) is 1.35. The fourth-order valence-electron chi connectivity index (χ4n) is 3.39. The van der Waals surface area contributed by atoms with Crippen LogP contribution in [-0.2, 0) is 16.1 Å². The number of hydrogen-bond acceptors (Lipinski definition) is 4. The number of rotatable bonds is 5. The molecule has 1 aliphatic heterocycles. The lowest BCUT2D eigenvalue weighted by Crippen LogP contribution is -2.49. The van der Waals surface area contributed by atoms with Crippen LogP contribution >= 0.6 is 12.4 Å². The lowest BCUT2D eigenvalue weighted by molar-refractivity contribution is -0.136. The fraction of sp³-hybridized carbons (Fsp3) is 0.474. The Kier molecular flexibility index (Phi) is 6.81. The van der Waals surface area contributed by atoms with Crippen molar-refractivity contribution < 1.29 is 9.53 Å². The monoisotopic (exact) mass is 378 g/mol. The number of nitrogens with two attached hydrogens (primary N) is 1. The maximum absolute atomic E-state index is 12.7. The van der Waals surface area contributed by atoms with E-state index in [9.17, 15) is 4.79 Å². The van der Waals surface area contributed by atoms with Crippen molar-refractivity contribution in [1.29, 1.82) is 0 Å². The Labute approximate surface area is 160 Å². The molecule has 0 saturated carbocycles. The number of benzene rings is 1. The van der Waals surface area contributed by atoms with Gasteiger partial charge in [0.2, 0.25) is 5.91 Å². The van der Waals surface area contributed by atoms with E-state index in [1.165, 1.54) is 0 Å². The molecule has 0 atom stereocenters. The molecule has 0 bridgehead atoms. The van der Waals surface area contributed by atoms with Gasteiger partial charge in [0.15, 0.2) is 0 Å². The maximum Gasteiger partial charge on any atom is 0.227 e. The number of aromatic nitrogens is 2. The molecule has 1 fully saturated rings. The lowest BCUT2D eigenvalue weighted by Gasteiger charge is -2.34. The summed E-state index contributed by atoms with van der Waals surface area (Å²) < 4.78 is 7.30. The number of nitrogens with one attached hydrogen (secondary N) is 1. The zero-order valence-electron chi connectivity index (χ0n) is 15.3. The predicted molar refractivity (Wildman–Crippen MR) is 104 cm³/mol. The Hall–Kier alpha value is -1.89. The number of halogens is 1. The van der Waals surface area contributed by atoms with Crippen LogP contribution in [0.2, 0.25) is 0 Å². The number of nitrogens with zero attached hydrogens (tertiary/aromatic N) is 2. The minimum atomic E-state index is -0.504. The first-order valence-electron chi connectivity index (χ1n) is 8.74. The number of aryl methyl sites for hydroxylation is 1. The van der Waals surface area contributed by atoms with Crippen molar-refractivity contribution in [3.8, 4) is 5.69 Å². The molecule has 0 spiro atoms. The van der Waals surface area contributed by atoms with Gasteiger partial charge in [0.1, 0.15) is 0 Å².